The van der Waals surface area contributed by atoms with Gasteiger partial charge >= 0.3 is 0 Å². The Bertz CT molecular complexity index is 980. The SMILES string of the molecule is CCCCOc1ccc(C2C(C(=O)c3ccco3)=C(O)C(=O)N2CCN(C)C)cc1OC. The highest BCUT2D eigenvalue weighted by Gasteiger charge is 2.44. The third-order valence-electron chi connectivity index (χ3n) is 5.34. The van der Waals surface area contributed by atoms with Gasteiger partial charge in [-0.1, -0.05) is 19.4 Å². The van der Waals surface area contributed by atoms with Gasteiger partial charge in [-0.15, -0.1) is 0 Å². The molecule has 1 atom stereocenters. The number of hydrogen-bond acceptors (Lipinski definition) is 7. The maximum absolute atomic E-state index is 13.2. The van der Waals surface area contributed by atoms with Crippen LogP contribution in [0.25, 0.3) is 0 Å². The summed E-state index contributed by atoms with van der Waals surface area (Å²) in [6, 6.07) is 7.62. The Labute approximate surface area is 188 Å². The zero-order valence-corrected chi connectivity index (χ0v) is 19.0. The molecular weight excluding hydrogens is 412 g/mol. The summed E-state index contributed by atoms with van der Waals surface area (Å²) in [4.78, 5) is 29.5. The number of ketones is 1. The lowest BCUT2D eigenvalue weighted by molar-refractivity contribution is -0.129. The van der Waals surface area contributed by atoms with E-state index in [1.54, 1.807) is 24.3 Å². The van der Waals surface area contributed by atoms with E-state index in [0.29, 0.717) is 36.8 Å². The number of Topliss-reactive ketones (excluding diaryl/α,β-unsaturated/α-hetero) is 1. The van der Waals surface area contributed by atoms with Crippen molar-refractivity contribution in [1.29, 1.82) is 0 Å². The lowest BCUT2D eigenvalue weighted by Crippen LogP contribution is -2.36. The molecule has 32 heavy (non-hydrogen) atoms. The Kier molecular flexibility index (Phi) is 7.58. The van der Waals surface area contributed by atoms with Gasteiger partial charge < -0.3 is 28.8 Å². The summed E-state index contributed by atoms with van der Waals surface area (Å²) in [5, 5.41) is 10.7. The number of ether oxygens (including phenoxy) is 2. The van der Waals surface area contributed by atoms with E-state index < -0.39 is 23.5 Å². The van der Waals surface area contributed by atoms with Crippen molar-refractivity contribution in [3.8, 4) is 11.5 Å². The number of rotatable bonds is 11. The Morgan fingerprint density at radius 2 is 2.03 bits per heavy atom. The third-order valence-corrected chi connectivity index (χ3v) is 5.34. The molecule has 0 aliphatic carbocycles. The van der Waals surface area contributed by atoms with Crippen LogP contribution in [0, 0.1) is 0 Å². The summed E-state index contributed by atoms with van der Waals surface area (Å²) in [5.74, 6) is -0.534. The first-order chi connectivity index (χ1) is 15.4. The zero-order chi connectivity index (χ0) is 23.3. The summed E-state index contributed by atoms with van der Waals surface area (Å²) >= 11 is 0. The van der Waals surface area contributed by atoms with Crippen molar-refractivity contribution in [3.63, 3.8) is 0 Å². The van der Waals surface area contributed by atoms with Crippen molar-refractivity contribution >= 4 is 11.7 Å². The molecule has 2 aromatic rings. The first-order valence-corrected chi connectivity index (χ1v) is 10.7. The van der Waals surface area contributed by atoms with Crippen LogP contribution >= 0.6 is 0 Å². The fourth-order valence-corrected chi connectivity index (χ4v) is 3.61. The number of aliphatic hydroxyl groups is 1. The largest absolute Gasteiger partial charge is 0.503 e. The molecule has 1 aliphatic rings. The normalized spacial score (nSPS) is 16.2. The van der Waals surface area contributed by atoms with Crippen molar-refractivity contribution in [3.05, 3.63) is 59.3 Å². The fourth-order valence-electron chi connectivity index (χ4n) is 3.61. The van der Waals surface area contributed by atoms with E-state index in [9.17, 15) is 14.7 Å². The molecular formula is C24H30N2O6. The zero-order valence-electron chi connectivity index (χ0n) is 19.0. The molecule has 1 amide bonds. The first-order valence-electron chi connectivity index (χ1n) is 10.7. The van der Waals surface area contributed by atoms with Crippen molar-refractivity contribution < 1.29 is 28.6 Å². The van der Waals surface area contributed by atoms with E-state index in [-0.39, 0.29) is 11.3 Å². The summed E-state index contributed by atoms with van der Waals surface area (Å²) in [6.45, 7) is 3.53. The Balaban J connectivity index is 2.02. The number of methoxy groups -OCH3 is 1. The number of aliphatic hydroxyl groups excluding tert-OH is 1. The molecule has 0 saturated heterocycles. The van der Waals surface area contributed by atoms with Crippen LogP contribution in [0.2, 0.25) is 0 Å². The molecule has 1 aromatic carbocycles. The number of benzene rings is 1. The number of furan rings is 1. The Morgan fingerprint density at radius 3 is 2.66 bits per heavy atom. The van der Waals surface area contributed by atoms with Crippen molar-refractivity contribution in [1.82, 2.24) is 9.80 Å². The molecule has 0 bridgehead atoms. The highest BCUT2D eigenvalue weighted by molar-refractivity contribution is 6.15. The van der Waals surface area contributed by atoms with Crippen molar-refractivity contribution in [2.75, 3.05) is 40.9 Å². The van der Waals surface area contributed by atoms with E-state index in [2.05, 4.69) is 6.92 Å². The summed E-state index contributed by atoms with van der Waals surface area (Å²) in [5.41, 5.74) is 0.626. The maximum atomic E-state index is 13.2. The van der Waals surface area contributed by atoms with Crippen LogP contribution in [0.5, 0.6) is 11.5 Å². The van der Waals surface area contributed by atoms with Gasteiger partial charge in [0.25, 0.3) is 5.91 Å². The predicted octanol–water partition coefficient (Wildman–Crippen LogP) is 3.61. The Morgan fingerprint density at radius 1 is 1.25 bits per heavy atom. The number of nitrogens with zero attached hydrogens (tertiary/aromatic N) is 2. The van der Waals surface area contributed by atoms with Gasteiger partial charge in [0.2, 0.25) is 5.78 Å². The number of hydrogen-bond donors (Lipinski definition) is 1. The topological polar surface area (TPSA) is 92.5 Å². The Hall–Kier alpha value is -3.26. The monoisotopic (exact) mass is 442 g/mol. The number of unbranched alkanes of at least 4 members (excludes halogenated alkanes) is 1. The van der Waals surface area contributed by atoms with Crippen LogP contribution in [0.4, 0.5) is 0 Å². The molecule has 8 heteroatoms. The molecule has 1 aromatic heterocycles. The molecule has 3 rings (SSSR count). The van der Waals surface area contributed by atoms with Gasteiger partial charge in [0.05, 0.1) is 31.6 Å². The quantitative estimate of drug-likeness (QED) is 0.420. The molecule has 0 fully saturated rings. The summed E-state index contributed by atoms with van der Waals surface area (Å²) in [6.07, 6.45) is 3.30. The molecule has 1 unspecified atom stereocenters. The predicted molar refractivity (Wildman–Crippen MR) is 119 cm³/mol. The van der Waals surface area contributed by atoms with E-state index in [4.69, 9.17) is 13.9 Å². The molecule has 0 radical (unpaired) electrons. The van der Waals surface area contributed by atoms with Gasteiger partial charge in [-0.2, -0.15) is 0 Å². The number of amides is 1. The van der Waals surface area contributed by atoms with Crippen molar-refractivity contribution in [2.45, 2.75) is 25.8 Å². The smallest absolute Gasteiger partial charge is 0.290 e. The molecule has 2 heterocycles. The van der Waals surface area contributed by atoms with Gasteiger partial charge in [-0.3, -0.25) is 9.59 Å². The van der Waals surface area contributed by atoms with Gasteiger partial charge in [0, 0.05) is 13.1 Å². The lowest BCUT2D eigenvalue weighted by Gasteiger charge is -2.28. The molecule has 172 valence electrons. The number of likely N-dealkylation sites (N-methyl/N-ethyl adjacent to an activating group) is 1. The molecule has 1 N–H and O–H groups in total. The van der Waals surface area contributed by atoms with Gasteiger partial charge in [-0.05, 0) is 50.3 Å². The number of carbonyl (C=O) groups is 2. The second kappa shape index (κ2) is 10.4. The van der Waals surface area contributed by atoms with Crippen LogP contribution < -0.4 is 9.47 Å². The standard InChI is InChI=1S/C24H30N2O6/c1-5-6-13-31-17-10-9-16(15-19(17)30-4)21-20(22(27)18-8-7-14-32-18)23(28)24(29)26(21)12-11-25(2)3/h7-10,14-15,21,28H,5-6,11-13H2,1-4H3. The fraction of sp³-hybridized carbons (Fsp3) is 0.417. The highest BCUT2D eigenvalue weighted by Crippen LogP contribution is 2.41. The van der Waals surface area contributed by atoms with Gasteiger partial charge in [0.1, 0.15) is 0 Å². The summed E-state index contributed by atoms with van der Waals surface area (Å²) in [7, 11) is 5.32. The number of carbonyl (C=O) groups excluding carboxylic acids is 2. The third kappa shape index (κ3) is 4.80. The van der Waals surface area contributed by atoms with Crippen LogP contribution in [-0.2, 0) is 4.79 Å². The average molecular weight is 443 g/mol. The summed E-state index contributed by atoms with van der Waals surface area (Å²) < 4.78 is 16.6. The van der Waals surface area contributed by atoms with E-state index in [1.807, 2.05) is 19.0 Å². The van der Waals surface area contributed by atoms with Gasteiger partial charge in [0.15, 0.2) is 23.0 Å². The average Bonchev–Trinajstić information content (AvgIpc) is 3.40. The molecule has 0 spiro atoms. The van der Waals surface area contributed by atoms with Crippen LogP contribution in [0.15, 0.2) is 52.3 Å². The molecule has 0 saturated carbocycles. The maximum Gasteiger partial charge on any atom is 0.290 e. The molecule has 8 nitrogen and oxygen atoms in total. The second-order valence-electron chi connectivity index (χ2n) is 7.89. The first kappa shape index (κ1) is 23.4. The van der Waals surface area contributed by atoms with E-state index in [1.165, 1.54) is 24.3 Å². The van der Waals surface area contributed by atoms with E-state index in [0.717, 1.165) is 12.8 Å². The van der Waals surface area contributed by atoms with Crippen LogP contribution in [0.1, 0.15) is 41.9 Å². The highest BCUT2D eigenvalue weighted by atomic mass is 16.5. The molecule has 1 aliphatic heterocycles. The van der Waals surface area contributed by atoms with Crippen molar-refractivity contribution in [2.24, 2.45) is 0 Å². The van der Waals surface area contributed by atoms with E-state index >= 15 is 0 Å². The minimum Gasteiger partial charge on any atom is -0.503 e. The second-order valence-corrected chi connectivity index (χ2v) is 7.89. The van der Waals surface area contributed by atoms with Gasteiger partial charge in [-0.25, -0.2) is 0 Å². The van der Waals surface area contributed by atoms with Crippen LogP contribution in [0.3, 0.4) is 0 Å². The minimum absolute atomic E-state index is 0.00888. The van der Waals surface area contributed by atoms with Crippen LogP contribution in [-0.4, -0.2) is 67.5 Å². The minimum atomic E-state index is -0.779. The lowest BCUT2D eigenvalue weighted by atomic mass is 9.94.